The first-order valence-corrected chi connectivity index (χ1v) is 17.5. The molecule has 0 aromatic heterocycles. The highest BCUT2D eigenvalue weighted by molar-refractivity contribution is 6.74. The molecular weight excluding hydrogens is 456 g/mol. The van der Waals surface area contributed by atoms with Crippen molar-refractivity contribution in [3.63, 3.8) is 0 Å². The standard InChI is InChI=1S/C33H52O2Si/c1-31(2,3)36(5,6)35-29(19-10-12-22-32(4)23-13-11-20-30(32)34)21-27-33(25-15-26-33)24-14-18-28-16-8-7-9-17-28/h7-10,12,16-17,19,22,29H,11,13-15,18,20-21,23-27H2,1-6H3/b19-10+,22-12+/t29?,32-/m1/s1. The van der Waals surface area contributed by atoms with Crippen molar-refractivity contribution in [2.24, 2.45) is 10.8 Å². The van der Waals surface area contributed by atoms with E-state index >= 15 is 0 Å². The van der Waals surface area contributed by atoms with Gasteiger partial charge in [-0.05, 0) is 93.8 Å². The van der Waals surface area contributed by atoms with E-state index in [1.807, 2.05) is 0 Å². The van der Waals surface area contributed by atoms with E-state index in [0.717, 1.165) is 32.1 Å². The second-order valence-corrected chi connectivity index (χ2v) is 18.2. The number of benzene rings is 1. The number of rotatable bonds is 12. The van der Waals surface area contributed by atoms with Crippen molar-refractivity contribution in [3.8, 4) is 0 Å². The molecule has 0 spiro atoms. The number of carbonyl (C=O) groups excluding carboxylic acids is 1. The van der Waals surface area contributed by atoms with Crippen LogP contribution in [0.1, 0.15) is 104 Å². The third kappa shape index (κ3) is 8.02. The van der Waals surface area contributed by atoms with Gasteiger partial charge >= 0.3 is 0 Å². The van der Waals surface area contributed by atoms with Crippen LogP contribution in [0.15, 0.2) is 54.6 Å². The van der Waals surface area contributed by atoms with Gasteiger partial charge in [0.15, 0.2) is 8.32 Å². The number of Topliss-reactive ketones (excluding diaryl/α,β-unsaturated/α-hetero) is 1. The number of hydrogen-bond donors (Lipinski definition) is 0. The molecule has 0 aliphatic heterocycles. The van der Waals surface area contributed by atoms with Crippen LogP contribution in [0.2, 0.25) is 18.1 Å². The van der Waals surface area contributed by atoms with Crippen molar-refractivity contribution in [2.45, 2.75) is 129 Å². The van der Waals surface area contributed by atoms with E-state index in [2.05, 4.69) is 95.4 Å². The Bertz CT molecular complexity index is 888. The Kier molecular flexibility index (Phi) is 10.0. The van der Waals surface area contributed by atoms with Crippen molar-refractivity contribution in [1.82, 2.24) is 0 Å². The minimum atomic E-state index is -1.87. The monoisotopic (exact) mass is 508 g/mol. The number of hydrogen-bond acceptors (Lipinski definition) is 2. The van der Waals surface area contributed by atoms with Crippen LogP contribution in [0.4, 0.5) is 0 Å². The van der Waals surface area contributed by atoms with E-state index < -0.39 is 8.32 Å². The Morgan fingerprint density at radius 3 is 2.33 bits per heavy atom. The van der Waals surface area contributed by atoms with Gasteiger partial charge in [0.05, 0.1) is 6.10 Å². The van der Waals surface area contributed by atoms with Gasteiger partial charge in [-0.25, -0.2) is 0 Å². The lowest BCUT2D eigenvalue weighted by molar-refractivity contribution is -0.127. The average Bonchev–Trinajstić information content (AvgIpc) is 2.79. The summed E-state index contributed by atoms with van der Waals surface area (Å²) in [6.45, 7) is 13.8. The molecule has 36 heavy (non-hydrogen) atoms. The fourth-order valence-electron chi connectivity index (χ4n) is 5.65. The molecule has 2 aliphatic rings. The highest BCUT2D eigenvalue weighted by Gasteiger charge is 2.40. The molecule has 3 rings (SSSR count). The van der Waals surface area contributed by atoms with E-state index in [1.54, 1.807) is 0 Å². The Balaban J connectivity index is 1.63. The zero-order valence-corrected chi connectivity index (χ0v) is 25.1. The maximum absolute atomic E-state index is 12.5. The van der Waals surface area contributed by atoms with Gasteiger partial charge in [0, 0.05) is 11.8 Å². The third-order valence-corrected chi connectivity index (χ3v) is 14.0. The fourth-order valence-corrected chi connectivity index (χ4v) is 6.95. The van der Waals surface area contributed by atoms with Gasteiger partial charge in [-0.15, -0.1) is 0 Å². The Labute approximate surface area is 223 Å². The quantitative estimate of drug-likeness (QED) is 0.207. The van der Waals surface area contributed by atoms with Crippen LogP contribution in [0.3, 0.4) is 0 Å². The van der Waals surface area contributed by atoms with Crippen LogP contribution in [0.25, 0.3) is 0 Å². The molecule has 2 fully saturated rings. The molecule has 2 aliphatic carbocycles. The van der Waals surface area contributed by atoms with Crippen LogP contribution in [-0.4, -0.2) is 20.2 Å². The molecule has 1 aromatic carbocycles. The summed E-state index contributed by atoms with van der Waals surface area (Å²) in [6.07, 6.45) is 23.0. The fraction of sp³-hybridized carbons (Fsp3) is 0.667. The molecule has 2 saturated carbocycles. The van der Waals surface area contributed by atoms with Crippen LogP contribution >= 0.6 is 0 Å². The summed E-state index contributed by atoms with van der Waals surface area (Å²) in [7, 11) is -1.87. The van der Waals surface area contributed by atoms with E-state index in [9.17, 15) is 4.79 Å². The van der Waals surface area contributed by atoms with Crippen molar-refractivity contribution in [2.75, 3.05) is 0 Å². The maximum Gasteiger partial charge on any atom is 0.192 e. The average molecular weight is 509 g/mol. The molecule has 0 N–H and O–H groups in total. The third-order valence-electron chi connectivity index (χ3n) is 9.53. The Morgan fingerprint density at radius 2 is 1.72 bits per heavy atom. The molecular formula is C33H52O2Si. The first-order chi connectivity index (χ1) is 16.9. The molecule has 0 amide bonds. The zero-order chi connectivity index (χ0) is 26.3. The minimum absolute atomic E-state index is 0.150. The molecule has 2 atom stereocenters. The zero-order valence-electron chi connectivity index (χ0n) is 24.1. The maximum atomic E-state index is 12.5. The second-order valence-electron chi connectivity index (χ2n) is 13.4. The highest BCUT2D eigenvalue weighted by Crippen LogP contribution is 2.49. The topological polar surface area (TPSA) is 26.3 Å². The van der Waals surface area contributed by atoms with Crippen molar-refractivity contribution in [1.29, 1.82) is 0 Å². The van der Waals surface area contributed by atoms with Crippen molar-refractivity contribution >= 4 is 14.1 Å². The SMILES string of the molecule is CC(C)(C)[Si](C)(C)OC(/C=C/C=C/[C@]1(C)CCCCC1=O)CCC1(CCCc2ccccc2)CCC1. The number of aryl methyl sites for hydroxylation is 1. The summed E-state index contributed by atoms with van der Waals surface area (Å²) in [4.78, 5) is 12.5. The van der Waals surface area contributed by atoms with Gasteiger partial charge in [0.2, 0.25) is 0 Å². The molecule has 0 heterocycles. The van der Waals surface area contributed by atoms with Crippen LogP contribution < -0.4 is 0 Å². The number of carbonyl (C=O) groups is 1. The van der Waals surface area contributed by atoms with Gasteiger partial charge in [-0.3, -0.25) is 4.79 Å². The molecule has 0 bridgehead atoms. The predicted molar refractivity (Wildman–Crippen MR) is 157 cm³/mol. The summed E-state index contributed by atoms with van der Waals surface area (Å²) in [5, 5.41) is 0.195. The van der Waals surface area contributed by atoms with Gasteiger partial charge < -0.3 is 4.43 Å². The molecule has 0 saturated heterocycles. The van der Waals surface area contributed by atoms with Gasteiger partial charge in [-0.2, -0.15) is 0 Å². The van der Waals surface area contributed by atoms with E-state index in [1.165, 1.54) is 50.5 Å². The molecule has 1 aromatic rings. The predicted octanol–water partition coefficient (Wildman–Crippen LogP) is 9.61. The summed E-state index contributed by atoms with van der Waals surface area (Å²) < 4.78 is 6.93. The molecule has 0 radical (unpaired) electrons. The smallest absolute Gasteiger partial charge is 0.192 e. The molecule has 3 heteroatoms. The van der Waals surface area contributed by atoms with Crippen LogP contribution in [0.5, 0.6) is 0 Å². The van der Waals surface area contributed by atoms with Crippen molar-refractivity contribution < 1.29 is 9.22 Å². The van der Waals surface area contributed by atoms with E-state index in [4.69, 9.17) is 4.43 Å². The normalized spacial score (nSPS) is 23.8. The van der Waals surface area contributed by atoms with Crippen molar-refractivity contribution in [3.05, 3.63) is 60.2 Å². The van der Waals surface area contributed by atoms with E-state index in [0.29, 0.717) is 11.2 Å². The lowest BCUT2D eigenvalue weighted by Gasteiger charge is -2.44. The Hall–Kier alpha value is -1.45. The van der Waals surface area contributed by atoms with Crippen LogP contribution in [0, 0.1) is 10.8 Å². The minimum Gasteiger partial charge on any atom is -0.411 e. The van der Waals surface area contributed by atoms with Crippen LogP contribution in [-0.2, 0) is 15.6 Å². The Morgan fingerprint density at radius 1 is 1.00 bits per heavy atom. The van der Waals surface area contributed by atoms with Gasteiger partial charge in [-0.1, -0.05) is 88.2 Å². The molecule has 2 nitrogen and oxygen atoms in total. The molecule has 200 valence electrons. The van der Waals surface area contributed by atoms with Gasteiger partial charge in [0.25, 0.3) is 0 Å². The second kappa shape index (κ2) is 12.4. The number of allylic oxidation sites excluding steroid dienone is 3. The first kappa shape index (κ1) is 29.1. The van der Waals surface area contributed by atoms with Gasteiger partial charge in [0.1, 0.15) is 5.78 Å². The largest absolute Gasteiger partial charge is 0.411 e. The number of ketones is 1. The lowest BCUT2D eigenvalue weighted by Crippen LogP contribution is -2.44. The summed E-state index contributed by atoms with van der Waals surface area (Å²) in [5.41, 5.74) is 1.69. The molecule has 1 unspecified atom stereocenters. The lowest BCUT2D eigenvalue weighted by atomic mass is 9.63. The summed E-state index contributed by atoms with van der Waals surface area (Å²) >= 11 is 0. The summed E-state index contributed by atoms with van der Waals surface area (Å²) in [6, 6.07) is 10.9. The highest BCUT2D eigenvalue weighted by atomic mass is 28.4. The summed E-state index contributed by atoms with van der Waals surface area (Å²) in [5.74, 6) is 0.398. The van der Waals surface area contributed by atoms with E-state index in [-0.39, 0.29) is 16.6 Å². The first-order valence-electron chi connectivity index (χ1n) is 14.6.